The molecule has 0 aliphatic heterocycles. The SMILES string of the molecule is CC(C)(O)c1csc([S@@](=N)(=O)CC(=O)Cc2c(CC3CCC3)ccc3c2CCC3)c1.CC(C)(O)c1csc([S@](=N)(=O)CC(=O)Cc2c(CC3CCC3)ccc3c2CCC3)c1. The van der Waals surface area contributed by atoms with E-state index >= 15 is 0 Å². The number of ketones is 2. The molecule has 60 heavy (non-hydrogen) atoms. The van der Waals surface area contributed by atoms with Gasteiger partial charge in [0.2, 0.25) is 0 Å². The number of nitrogens with one attached hydrogen (secondary N) is 2. The lowest BCUT2D eigenvalue weighted by molar-refractivity contribution is -0.116. The number of hydrogen-bond acceptors (Lipinski definition) is 10. The van der Waals surface area contributed by atoms with E-state index in [1.165, 1.54) is 94.6 Å². The summed E-state index contributed by atoms with van der Waals surface area (Å²) in [7, 11) is -6.41. The summed E-state index contributed by atoms with van der Waals surface area (Å²) in [6, 6.07) is 12.1. The first-order chi connectivity index (χ1) is 28.3. The van der Waals surface area contributed by atoms with E-state index in [0.717, 1.165) is 74.3 Å². The van der Waals surface area contributed by atoms with Crippen molar-refractivity contribution in [2.45, 2.75) is 150 Å². The van der Waals surface area contributed by atoms with E-state index in [4.69, 9.17) is 9.56 Å². The van der Waals surface area contributed by atoms with Crippen molar-refractivity contribution in [2.75, 3.05) is 11.5 Å². The molecule has 0 bridgehead atoms. The highest BCUT2D eigenvalue weighted by atomic mass is 32.2. The number of aliphatic hydroxyl groups is 2. The monoisotopic (exact) mass is 890 g/mol. The molecule has 4 N–H and O–H groups in total. The molecule has 2 aromatic heterocycles. The summed E-state index contributed by atoms with van der Waals surface area (Å²) in [5.74, 6) is 0.693. The lowest BCUT2D eigenvalue weighted by atomic mass is 9.79. The van der Waals surface area contributed by atoms with E-state index in [1.807, 2.05) is 0 Å². The van der Waals surface area contributed by atoms with Crippen LogP contribution in [0.3, 0.4) is 0 Å². The van der Waals surface area contributed by atoms with Crippen molar-refractivity contribution in [3.8, 4) is 0 Å². The van der Waals surface area contributed by atoms with Crippen LogP contribution in [0.1, 0.15) is 135 Å². The second-order valence-corrected chi connectivity index (χ2v) is 25.4. The van der Waals surface area contributed by atoms with Crippen LogP contribution in [0.5, 0.6) is 0 Å². The van der Waals surface area contributed by atoms with Crippen LogP contribution in [-0.4, -0.2) is 41.7 Å². The van der Waals surface area contributed by atoms with Crippen LogP contribution in [0.4, 0.5) is 0 Å². The van der Waals surface area contributed by atoms with Crippen LogP contribution in [0.15, 0.2) is 55.6 Å². The first-order valence-electron chi connectivity index (χ1n) is 21.7. The minimum Gasteiger partial charge on any atom is -0.386 e. The standard InChI is InChI=1S/2C24H31NO3S2/c2*1-24(2,27)19-12-23(29-14-19)30(25,28)15-20(26)13-22-18(11-16-5-3-6-16)10-9-17-7-4-8-21(17)22/h2*9-10,12,14,16,25,27H,3-8,11,13,15H2,1-2H3/t2*30-/m10/s1. The number of fused-ring (bicyclic) bond motifs is 2. The molecule has 2 fully saturated rings. The largest absolute Gasteiger partial charge is 0.386 e. The maximum atomic E-state index is 13.1. The Balaban J connectivity index is 0.000000181. The van der Waals surface area contributed by atoms with Gasteiger partial charge in [0.1, 0.15) is 8.42 Å². The maximum Gasteiger partial charge on any atom is 0.151 e. The van der Waals surface area contributed by atoms with Crippen molar-refractivity contribution >= 4 is 53.7 Å². The molecule has 8 nitrogen and oxygen atoms in total. The van der Waals surface area contributed by atoms with E-state index in [2.05, 4.69) is 24.3 Å². The summed E-state index contributed by atoms with van der Waals surface area (Å²) in [6.07, 6.45) is 16.8. The molecule has 8 rings (SSSR count). The Morgan fingerprint density at radius 3 is 1.33 bits per heavy atom. The highest BCUT2D eigenvalue weighted by Gasteiger charge is 2.29. The number of carbonyl (C=O) groups is 2. The van der Waals surface area contributed by atoms with Gasteiger partial charge in [-0.05, 0) is 169 Å². The first kappa shape index (κ1) is 45.0. The average molecular weight is 891 g/mol. The van der Waals surface area contributed by atoms with E-state index in [1.54, 1.807) is 50.6 Å². The molecule has 2 heterocycles. The van der Waals surface area contributed by atoms with Crippen LogP contribution < -0.4 is 0 Å². The molecule has 4 aromatic rings. The van der Waals surface area contributed by atoms with E-state index < -0.39 is 30.7 Å². The Bertz CT molecular complexity index is 2280. The van der Waals surface area contributed by atoms with E-state index in [9.17, 15) is 28.2 Å². The Labute approximate surface area is 365 Å². The van der Waals surface area contributed by atoms with Crippen molar-refractivity contribution in [3.63, 3.8) is 0 Å². The number of benzene rings is 2. The first-order valence-corrected chi connectivity index (χ1v) is 26.9. The Morgan fingerprint density at radius 2 is 1.02 bits per heavy atom. The molecule has 0 amide bonds. The highest BCUT2D eigenvalue weighted by Crippen LogP contribution is 2.37. The zero-order chi connectivity index (χ0) is 43.0. The summed E-state index contributed by atoms with van der Waals surface area (Å²) in [4.78, 5) is 26.0. The van der Waals surface area contributed by atoms with E-state index in [0.29, 0.717) is 19.5 Å². The topological polar surface area (TPSA) is 156 Å². The van der Waals surface area contributed by atoms with E-state index in [-0.39, 0.29) is 35.9 Å². The summed E-state index contributed by atoms with van der Waals surface area (Å²) < 4.78 is 43.6. The van der Waals surface area contributed by atoms with Gasteiger partial charge in [-0.2, -0.15) is 0 Å². The number of aryl methyl sites for hydroxylation is 2. The molecule has 2 saturated carbocycles. The van der Waals surface area contributed by atoms with Gasteiger partial charge in [0.05, 0.1) is 42.2 Å². The number of Topliss-reactive ketones (excluding diaryl/α,β-unsaturated/α-hetero) is 2. The minimum absolute atomic E-state index is 0.122. The van der Waals surface area contributed by atoms with Crippen LogP contribution in [0, 0.1) is 21.4 Å². The van der Waals surface area contributed by atoms with Crippen molar-refractivity contribution in [1.82, 2.24) is 0 Å². The van der Waals surface area contributed by atoms with Gasteiger partial charge in [-0.3, -0.25) is 9.59 Å². The molecular weight excluding hydrogens is 829 g/mol. The van der Waals surface area contributed by atoms with Gasteiger partial charge >= 0.3 is 0 Å². The normalized spacial score (nSPS) is 18.6. The highest BCUT2D eigenvalue weighted by molar-refractivity contribution is 7.95. The molecule has 324 valence electrons. The number of carbonyl (C=O) groups excluding carboxylic acids is 2. The summed E-state index contributed by atoms with van der Waals surface area (Å²) in [5.41, 5.74) is 9.43. The van der Waals surface area contributed by atoms with Crippen LogP contribution >= 0.6 is 22.7 Å². The van der Waals surface area contributed by atoms with Crippen molar-refractivity contribution in [2.24, 2.45) is 11.8 Å². The predicted octanol–water partition coefficient (Wildman–Crippen LogP) is 10.0. The van der Waals surface area contributed by atoms with Crippen molar-refractivity contribution < 1.29 is 28.2 Å². The lowest BCUT2D eigenvalue weighted by Crippen LogP contribution is -2.20. The third-order valence-corrected chi connectivity index (χ3v) is 19.8. The zero-order valence-corrected chi connectivity index (χ0v) is 38.9. The predicted molar refractivity (Wildman–Crippen MR) is 244 cm³/mol. The third kappa shape index (κ3) is 10.6. The Kier molecular flexibility index (Phi) is 13.5. The third-order valence-electron chi connectivity index (χ3n) is 13.2. The quantitative estimate of drug-likeness (QED) is 0.0878. The second-order valence-electron chi connectivity index (χ2n) is 18.9. The Morgan fingerprint density at radius 1 is 0.633 bits per heavy atom. The number of hydrogen-bond donors (Lipinski definition) is 4. The lowest BCUT2D eigenvalue weighted by Gasteiger charge is -2.27. The number of rotatable bonds is 16. The van der Waals surface area contributed by atoms with Crippen LogP contribution in [0.25, 0.3) is 0 Å². The smallest absolute Gasteiger partial charge is 0.151 e. The van der Waals surface area contributed by atoms with Crippen molar-refractivity contribution in [3.05, 3.63) is 103 Å². The van der Waals surface area contributed by atoms with Gasteiger partial charge in [-0.15, -0.1) is 22.7 Å². The molecule has 0 radical (unpaired) electrons. The summed E-state index contributed by atoms with van der Waals surface area (Å²) >= 11 is 2.40. The second kappa shape index (κ2) is 18.0. The van der Waals surface area contributed by atoms with Gasteiger partial charge in [0, 0.05) is 12.8 Å². The molecule has 0 unspecified atom stereocenters. The fourth-order valence-electron chi connectivity index (χ4n) is 9.13. The molecular formula is C48H62N2O6S4. The summed E-state index contributed by atoms with van der Waals surface area (Å²) in [6.45, 7) is 6.65. The van der Waals surface area contributed by atoms with Gasteiger partial charge in [0.15, 0.2) is 11.6 Å². The van der Waals surface area contributed by atoms with Crippen LogP contribution in [0.2, 0.25) is 0 Å². The van der Waals surface area contributed by atoms with Crippen molar-refractivity contribution in [1.29, 1.82) is 9.56 Å². The molecule has 2 atom stereocenters. The molecule has 4 aliphatic carbocycles. The van der Waals surface area contributed by atoms with Gasteiger partial charge < -0.3 is 10.2 Å². The fourth-order valence-corrected chi connectivity index (χ4v) is 14.6. The van der Waals surface area contributed by atoms with Gasteiger partial charge in [0.25, 0.3) is 0 Å². The molecule has 0 saturated heterocycles. The zero-order valence-electron chi connectivity index (χ0n) is 35.7. The van der Waals surface area contributed by atoms with Gasteiger partial charge in [-0.25, -0.2) is 18.0 Å². The van der Waals surface area contributed by atoms with Gasteiger partial charge in [-0.1, -0.05) is 62.8 Å². The Hall–Kier alpha value is -3.00. The summed E-state index contributed by atoms with van der Waals surface area (Å²) in [5, 5.41) is 23.8. The minimum atomic E-state index is -3.20. The molecule has 4 aliphatic rings. The fraction of sp³-hybridized carbons (Fsp3) is 0.542. The molecule has 12 heteroatoms. The molecule has 2 aromatic carbocycles. The van der Waals surface area contributed by atoms with Crippen LogP contribution in [-0.2, 0) is 91.6 Å². The maximum absolute atomic E-state index is 13.1. The molecule has 0 spiro atoms. The number of thiophene rings is 2. The average Bonchev–Trinajstić information content (AvgIpc) is 3.95.